The Morgan fingerprint density at radius 3 is 2.14 bits per heavy atom. The third-order valence-electron chi connectivity index (χ3n) is 4.95. The molecular weight excluding hydrogens is 376 g/mol. The summed E-state index contributed by atoms with van der Waals surface area (Å²) >= 11 is 0. The maximum atomic E-state index is 11.5. The van der Waals surface area contributed by atoms with Crippen LogP contribution in [0.25, 0.3) is 0 Å². The summed E-state index contributed by atoms with van der Waals surface area (Å²) in [6.45, 7) is 3.66. The summed E-state index contributed by atoms with van der Waals surface area (Å²) < 4.78 is 0. The van der Waals surface area contributed by atoms with Gasteiger partial charge in [-0.3, -0.25) is 10.1 Å². The number of hydrazone groups is 1. The number of benzene rings is 1. The van der Waals surface area contributed by atoms with E-state index in [2.05, 4.69) is 35.3 Å². The lowest BCUT2D eigenvalue weighted by Crippen LogP contribution is -2.25. The molecule has 2 saturated heterocycles. The second kappa shape index (κ2) is 8.25. The van der Waals surface area contributed by atoms with E-state index in [1.807, 2.05) is 0 Å². The lowest BCUT2D eigenvalue weighted by molar-refractivity contribution is -0.398. The summed E-state index contributed by atoms with van der Waals surface area (Å²) in [4.78, 5) is 28.0. The highest BCUT2D eigenvalue weighted by atomic mass is 16.6. The van der Waals surface area contributed by atoms with Crippen molar-refractivity contribution in [2.45, 2.75) is 25.7 Å². The van der Waals surface area contributed by atoms with Crippen LogP contribution in [0.4, 0.5) is 23.5 Å². The molecular formula is C18H21N8O3-. The number of anilines is 3. The van der Waals surface area contributed by atoms with Crippen molar-refractivity contribution in [3.63, 3.8) is 0 Å². The number of aromatic nitrogens is 3. The highest BCUT2D eigenvalue weighted by Crippen LogP contribution is 2.24. The first-order chi connectivity index (χ1) is 14.1. The van der Waals surface area contributed by atoms with Crippen LogP contribution >= 0.6 is 0 Å². The van der Waals surface area contributed by atoms with Gasteiger partial charge in [0.05, 0.1) is 11.1 Å². The van der Waals surface area contributed by atoms with E-state index in [9.17, 15) is 15.2 Å². The Bertz CT molecular complexity index is 889. The first kappa shape index (κ1) is 18.8. The quantitative estimate of drug-likeness (QED) is 0.437. The Hall–Kier alpha value is -3.50. The molecule has 11 heteroatoms. The standard InChI is InChI=1S/C18H22N8O3/c27-15-6-5-13(11-14(15)26(28)29)12-19-23-16-20-17(24-7-1-2-8-24)22-18(21-16)25-9-3-4-10-25/h5-6,11-12,27H,1-4,7-10H2,(H,20,21,22,23)/p-1/b19-12-. The maximum absolute atomic E-state index is 11.5. The number of hydrogen-bond acceptors (Lipinski definition) is 10. The number of nitrogens with one attached hydrogen (secondary N) is 1. The molecule has 1 aromatic carbocycles. The fourth-order valence-corrected chi connectivity index (χ4v) is 3.44. The van der Waals surface area contributed by atoms with Gasteiger partial charge in [-0.1, -0.05) is 12.1 Å². The van der Waals surface area contributed by atoms with E-state index in [1.54, 1.807) is 0 Å². The van der Waals surface area contributed by atoms with Crippen molar-refractivity contribution >= 4 is 29.7 Å². The molecule has 0 atom stereocenters. The van der Waals surface area contributed by atoms with Crippen molar-refractivity contribution in [3.8, 4) is 5.75 Å². The van der Waals surface area contributed by atoms with Crippen LogP contribution in [0.5, 0.6) is 5.75 Å². The molecule has 1 N–H and O–H groups in total. The first-order valence-electron chi connectivity index (χ1n) is 9.61. The van der Waals surface area contributed by atoms with Gasteiger partial charge in [0.1, 0.15) is 0 Å². The zero-order chi connectivity index (χ0) is 20.2. The monoisotopic (exact) mass is 397 g/mol. The fourth-order valence-electron chi connectivity index (χ4n) is 3.44. The third-order valence-corrected chi connectivity index (χ3v) is 4.95. The molecule has 0 aliphatic carbocycles. The Morgan fingerprint density at radius 2 is 1.59 bits per heavy atom. The van der Waals surface area contributed by atoms with Gasteiger partial charge in [0.2, 0.25) is 17.8 Å². The summed E-state index contributed by atoms with van der Waals surface area (Å²) in [5.74, 6) is 0.935. The Kier molecular flexibility index (Phi) is 5.36. The molecule has 4 rings (SSSR count). The SMILES string of the molecule is O=[N+]([O-])c1cc(/C=N\Nc2nc(N3CCCC3)nc(N3CCCC3)n2)ccc1[O-]. The fraction of sp³-hybridized carbons (Fsp3) is 0.444. The van der Waals surface area contributed by atoms with E-state index in [4.69, 9.17) is 0 Å². The molecule has 0 bridgehead atoms. The minimum Gasteiger partial charge on any atom is -0.868 e. The Morgan fingerprint density at radius 1 is 1.00 bits per heavy atom. The molecule has 2 aliphatic heterocycles. The van der Waals surface area contributed by atoms with Crippen LogP contribution in [0.2, 0.25) is 0 Å². The van der Waals surface area contributed by atoms with Crippen molar-refractivity contribution in [2.75, 3.05) is 41.4 Å². The minimum absolute atomic E-state index is 0.315. The van der Waals surface area contributed by atoms with E-state index in [0.29, 0.717) is 23.4 Å². The first-order valence-corrected chi connectivity index (χ1v) is 9.61. The van der Waals surface area contributed by atoms with Gasteiger partial charge >= 0.3 is 0 Å². The summed E-state index contributed by atoms with van der Waals surface area (Å²) in [5, 5.41) is 26.5. The van der Waals surface area contributed by atoms with Gasteiger partial charge in [0.15, 0.2) is 0 Å². The van der Waals surface area contributed by atoms with E-state index in [-0.39, 0.29) is 0 Å². The van der Waals surface area contributed by atoms with Crippen molar-refractivity contribution < 1.29 is 10.0 Å². The van der Waals surface area contributed by atoms with Crippen LogP contribution in [0.15, 0.2) is 23.3 Å². The van der Waals surface area contributed by atoms with Gasteiger partial charge in [0, 0.05) is 37.8 Å². The Balaban J connectivity index is 1.55. The van der Waals surface area contributed by atoms with Crippen LogP contribution in [-0.2, 0) is 0 Å². The molecule has 1 aromatic heterocycles. The predicted octanol–water partition coefficient (Wildman–Crippen LogP) is 1.50. The van der Waals surface area contributed by atoms with Crippen molar-refractivity contribution in [2.24, 2.45) is 5.10 Å². The van der Waals surface area contributed by atoms with Crippen molar-refractivity contribution in [1.29, 1.82) is 0 Å². The van der Waals surface area contributed by atoms with Gasteiger partial charge in [0.25, 0.3) is 5.69 Å². The molecule has 29 heavy (non-hydrogen) atoms. The summed E-state index contributed by atoms with van der Waals surface area (Å²) in [5.41, 5.74) is 2.73. The molecule has 2 aromatic rings. The number of nitro benzene ring substituents is 1. The Labute approximate surface area is 167 Å². The zero-order valence-electron chi connectivity index (χ0n) is 15.8. The molecule has 0 amide bonds. The number of nitrogens with zero attached hydrogens (tertiary/aromatic N) is 7. The van der Waals surface area contributed by atoms with Crippen LogP contribution in [0.1, 0.15) is 31.2 Å². The molecule has 152 valence electrons. The highest BCUT2D eigenvalue weighted by molar-refractivity contribution is 5.81. The van der Waals surface area contributed by atoms with Crippen LogP contribution in [0, 0.1) is 10.1 Å². The molecule has 2 aliphatic rings. The van der Waals surface area contributed by atoms with E-state index >= 15 is 0 Å². The smallest absolute Gasteiger partial charge is 0.262 e. The number of rotatable bonds is 6. The average molecular weight is 397 g/mol. The molecule has 3 heterocycles. The second-order valence-electron chi connectivity index (χ2n) is 7.00. The zero-order valence-corrected chi connectivity index (χ0v) is 15.8. The van der Waals surface area contributed by atoms with Gasteiger partial charge in [-0.2, -0.15) is 20.1 Å². The van der Waals surface area contributed by atoms with Gasteiger partial charge in [-0.25, -0.2) is 5.43 Å². The summed E-state index contributed by atoms with van der Waals surface area (Å²) in [6, 6.07) is 3.81. The third kappa shape index (κ3) is 4.33. The number of hydrogen-bond donors (Lipinski definition) is 1. The van der Waals surface area contributed by atoms with Crippen LogP contribution in [0.3, 0.4) is 0 Å². The van der Waals surface area contributed by atoms with Gasteiger partial charge in [-0.05, 0) is 31.4 Å². The largest absolute Gasteiger partial charge is 0.868 e. The average Bonchev–Trinajstić information content (AvgIpc) is 3.43. The predicted molar refractivity (Wildman–Crippen MR) is 106 cm³/mol. The molecule has 2 fully saturated rings. The van der Waals surface area contributed by atoms with E-state index < -0.39 is 16.4 Å². The molecule has 0 radical (unpaired) electrons. The van der Waals surface area contributed by atoms with Gasteiger partial charge in [-0.15, -0.1) is 0 Å². The van der Waals surface area contributed by atoms with E-state index in [0.717, 1.165) is 57.9 Å². The van der Waals surface area contributed by atoms with E-state index in [1.165, 1.54) is 18.3 Å². The summed E-state index contributed by atoms with van der Waals surface area (Å²) in [7, 11) is 0. The van der Waals surface area contributed by atoms with Crippen LogP contribution < -0.4 is 20.3 Å². The minimum atomic E-state index is -0.705. The van der Waals surface area contributed by atoms with Crippen LogP contribution in [-0.4, -0.2) is 52.3 Å². The summed E-state index contributed by atoms with van der Waals surface area (Å²) in [6.07, 6.45) is 5.84. The van der Waals surface area contributed by atoms with Crippen molar-refractivity contribution in [1.82, 2.24) is 15.0 Å². The van der Waals surface area contributed by atoms with Crippen molar-refractivity contribution in [3.05, 3.63) is 33.9 Å². The highest BCUT2D eigenvalue weighted by Gasteiger charge is 2.21. The topological polar surface area (TPSA) is 136 Å². The maximum Gasteiger partial charge on any atom is 0.262 e. The van der Waals surface area contributed by atoms with Gasteiger partial charge < -0.3 is 14.9 Å². The normalized spacial score (nSPS) is 16.7. The molecule has 0 saturated carbocycles. The lowest BCUT2D eigenvalue weighted by atomic mass is 10.2. The lowest BCUT2D eigenvalue weighted by Gasteiger charge is -2.20. The molecule has 11 nitrogen and oxygen atoms in total. The molecule has 0 unspecified atom stereocenters. The number of nitro groups is 1. The second-order valence-corrected chi connectivity index (χ2v) is 7.00. The molecule has 0 spiro atoms.